The molecule has 2 N–H and O–H groups in total. The van der Waals surface area contributed by atoms with E-state index in [0.717, 1.165) is 32.2 Å². The predicted octanol–water partition coefficient (Wildman–Crippen LogP) is 2.05. The molecule has 1 unspecified atom stereocenters. The number of aliphatic hydroxyl groups excluding tert-OH is 1. The molecule has 0 aliphatic carbocycles. The Morgan fingerprint density at radius 1 is 1.39 bits per heavy atom. The number of urea groups is 1. The van der Waals surface area contributed by atoms with Crippen LogP contribution in [0.25, 0.3) is 0 Å². The number of nitrogens with one attached hydrogen (secondary N) is 1. The predicted molar refractivity (Wildman–Crippen MR) is 90.4 cm³/mol. The van der Waals surface area contributed by atoms with Gasteiger partial charge in [0.15, 0.2) is 0 Å². The van der Waals surface area contributed by atoms with Crippen LogP contribution in [-0.2, 0) is 11.2 Å². The minimum Gasteiger partial charge on any atom is -0.396 e. The van der Waals surface area contributed by atoms with Gasteiger partial charge in [-0.05, 0) is 31.2 Å². The van der Waals surface area contributed by atoms with Crippen molar-refractivity contribution < 1.29 is 14.6 Å². The normalized spacial score (nSPS) is 21.2. The van der Waals surface area contributed by atoms with Gasteiger partial charge in [0.2, 0.25) is 0 Å². The highest BCUT2D eigenvalue weighted by Crippen LogP contribution is 2.33. The molecule has 0 radical (unpaired) electrons. The smallest absolute Gasteiger partial charge is 0.317 e. The lowest BCUT2D eigenvalue weighted by molar-refractivity contribution is 0.0201. The molecule has 1 aromatic rings. The summed E-state index contributed by atoms with van der Waals surface area (Å²) < 4.78 is 5.15. The topological polar surface area (TPSA) is 61.8 Å². The Balaban J connectivity index is 1.81. The van der Waals surface area contributed by atoms with Crippen molar-refractivity contribution in [1.29, 1.82) is 0 Å². The van der Waals surface area contributed by atoms with Crippen molar-refractivity contribution in [3.63, 3.8) is 0 Å². The van der Waals surface area contributed by atoms with Gasteiger partial charge in [0.05, 0.1) is 6.61 Å². The number of carbonyl (C=O) groups excluding carboxylic acids is 1. The fraction of sp³-hybridized carbons (Fsp3) is 0.611. The molecule has 1 aromatic carbocycles. The van der Waals surface area contributed by atoms with E-state index < -0.39 is 0 Å². The molecule has 0 aromatic heterocycles. The summed E-state index contributed by atoms with van der Waals surface area (Å²) in [5.41, 5.74) is 1.00. The Morgan fingerprint density at radius 2 is 2.17 bits per heavy atom. The second-order valence-corrected chi connectivity index (χ2v) is 6.39. The van der Waals surface area contributed by atoms with E-state index >= 15 is 0 Å². The van der Waals surface area contributed by atoms with Crippen LogP contribution >= 0.6 is 0 Å². The number of nitrogens with zero attached hydrogens (tertiary/aromatic N) is 1. The summed E-state index contributed by atoms with van der Waals surface area (Å²) in [6.45, 7) is 2.70. The third-order valence-corrected chi connectivity index (χ3v) is 4.65. The van der Waals surface area contributed by atoms with Gasteiger partial charge in [-0.2, -0.15) is 0 Å². The Morgan fingerprint density at radius 3 is 2.87 bits per heavy atom. The molecule has 1 heterocycles. The van der Waals surface area contributed by atoms with Crippen LogP contribution in [0.2, 0.25) is 0 Å². The maximum Gasteiger partial charge on any atom is 0.317 e. The molecule has 23 heavy (non-hydrogen) atoms. The summed E-state index contributed by atoms with van der Waals surface area (Å²) in [4.78, 5) is 14.2. The number of methoxy groups -OCH3 is 1. The minimum absolute atomic E-state index is 0.0316. The molecule has 1 aliphatic heterocycles. The van der Waals surface area contributed by atoms with Crippen LogP contribution in [0.15, 0.2) is 30.3 Å². The van der Waals surface area contributed by atoms with Crippen molar-refractivity contribution in [3.05, 3.63) is 35.9 Å². The number of ether oxygens (including phenoxy) is 1. The van der Waals surface area contributed by atoms with Gasteiger partial charge in [-0.15, -0.1) is 0 Å². The van der Waals surface area contributed by atoms with Crippen molar-refractivity contribution in [2.45, 2.75) is 25.7 Å². The zero-order chi connectivity index (χ0) is 16.5. The van der Waals surface area contributed by atoms with Crippen LogP contribution in [-0.4, -0.2) is 56.0 Å². The van der Waals surface area contributed by atoms with Gasteiger partial charge in [-0.3, -0.25) is 0 Å². The summed E-state index contributed by atoms with van der Waals surface area (Å²) >= 11 is 0. The molecular weight excluding hydrogens is 292 g/mol. The molecule has 1 atom stereocenters. The second-order valence-electron chi connectivity index (χ2n) is 6.39. The number of amides is 2. The molecule has 1 aliphatic rings. The molecule has 5 nitrogen and oxygen atoms in total. The zero-order valence-corrected chi connectivity index (χ0v) is 14.0. The fourth-order valence-electron chi connectivity index (χ4n) is 3.18. The first-order chi connectivity index (χ1) is 11.2. The Bertz CT molecular complexity index is 480. The number of likely N-dealkylation sites (tertiary alicyclic amines) is 1. The lowest BCUT2D eigenvalue weighted by Gasteiger charge is -2.41. The van der Waals surface area contributed by atoms with Crippen LogP contribution < -0.4 is 5.32 Å². The maximum absolute atomic E-state index is 12.4. The summed E-state index contributed by atoms with van der Waals surface area (Å²) in [6, 6.07) is 10.1. The highest BCUT2D eigenvalue weighted by Gasteiger charge is 2.36. The van der Waals surface area contributed by atoms with Gasteiger partial charge in [-0.25, -0.2) is 4.79 Å². The number of carbonyl (C=O) groups is 1. The van der Waals surface area contributed by atoms with Gasteiger partial charge in [0, 0.05) is 38.8 Å². The highest BCUT2D eigenvalue weighted by atomic mass is 16.5. The van der Waals surface area contributed by atoms with Crippen LogP contribution in [0, 0.1) is 5.41 Å². The Labute approximate surface area is 138 Å². The fourth-order valence-corrected chi connectivity index (χ4v) is 3.18. The number of hydrogen-bond acceptors (Lipinski definition) is 3. The summed E-state index contributed by atoms with van der Waals surface area (Å²) in [6.07, 6.45) is 3.49. The van der Waals surface area contributed by atoms with Gasteiger partial charge < -0.3 is 20.1 Å². The first-order valence-electron chi connectivity index (χ1n) is 8.36. The second kappa shape index (κ2) is 8.89. The van der Waals surface area contributed by atoms with Crippen molar-refractivity contribution >= 4 is 6.03 Å². The molecule has 0 bridgehead atoms. The highest BCUT2D eigenvalue weighted by molar-refractivity contribution is 5.74. The number of hydrogen-bond donors (Lipinski definition) is 2. The van der Waals surface area contributed by atoms with Crippen molar-refractivity contribution in [2.75, 3.05) is 40.0 Å². The summed E-state index contributed by atoms with van der Waals surface area (Å²) in [5, 5.41) is 12.8. The summed E-state index contributed by atoms with van der Waals surface area (Å²) in [5.74, 6) is 0. The number of piperidine rings is 1. The van der Waals surface area contributed by atoms with Gasteiger partial charge in [-0.1, -0.05) is 30.3 Å². The third-order valence-electron chi connectivity index (χ3n) is 4.65. The molecule has 5 heteroatoms. The van der Waals surface area contributed by atoms with E-state index in [1.54, 1.807) is 7.11 Å². The lowest BCUT2D eigenvalue weighted by Crippen LogP contribution is -2.51. The van der Waals surface area contributed by atoms with Crippen LogP contribution in [0.3, 0.4) is 0 Å². The van der Waals surface area contributed by atoms with Crippen molar-refractivity contribution in [2.24, 2.45) is 5.41 Å². The van der Waals surface area contributed by atoms with Crippen molar-refractivity contribution in [3.8, 4) is 0 Å². The number of benzene rings is 1. The van der Waals surface area contributed by atoms with Crippen molar-refractivity contribution in [1.82, 2.24) is 10.2 Å². The zero-order valence-electron chi connectivity index (χ0n) is 14.0. The average Bonchev–Trinajstić information content (AvgIpc) is 2.61. The molecular formula is C18H28N2O3. The van der Waals surface area contributed by atoms with Crippen LogP contribution in [0.1, 0.15) is 24.8 Å². The van der Waals surface area contributed by atoms with E-state index in [1.165, 1.54) is 5.56 Å². The summed E-state index contributed by atoms with van der Waals surface area (Å²) in [7, 11) is 1.67. The van der Waals surface area contributed by atoms with E-state index in [2.05, 4.69) is 17.4 Å². The van der Waals surface area contributed by atoms with Gasteiger partial charge in [0.25, 0.3) is 0 Å². The Kier molecular flexibility index (Phi) is 6.86. The number of aliphatic hydroxyl groups is 1. The van der Waals surface area contributed by atoms with Gasteiger partial charge in [0.1, 0.15) is 0 Å². The first kappa shape index (κ1) is 17.8. The van der Waals surface area contributed by atoms with E-state index in [9.17, 15) is 9.90 Å². The molecule has 128 valence electrons. The number of rotatable bonds is 7. The maximum atomic E-state index is 12.4. The molecule has 0 saturated carbocycles. The first-order valence-corrected chi connectivity index (χ1v) is 8.36. The van der Waals surface area contributed by atoms with E-state index in [-0.39, 0.29) is 18.1 Å². The van der Waals surface area contributed by atoms with Crippen LogP contribution in [0.4, 0.5) is 4.79 Å². The van der Waals surface area contributed by atoms with E-state index in [1.807, 2.05) is 23.1 Å². The van der Waals surface area contributed by atoms with Crippen LogP contribution in [0.5, 0.6) is 0 Å². The largest absolute Gasteiger partial charge is 0.396 e. The van der Waals surface area contributed by atoms with E-state index in [4.69, 9.17) is 4.74 Å². The molecule has 1 fully saturated rings. The third kappa shape index (κ3) is 5.22. The molecule has 1 saturated heterocycles. The lowest BCUT2D eigenvalue weighted by atomic mass is 9.78. The average molecular weight is 320 g/mol. The minimum atomic E-state index is -0.217. The Hall–Kier alpha value is -1.59. The molecule has 0 spiro atoms. The monoisotopic (exact) mass is 320 g/mol. The standard InChI is InChI=1S/C18H28N2O3/c1-23-13-10-18(15-21)9-5-12-20(14-18)17(22)19-11-8-16-6-3-2-4-7-16/h2-4,6-7,21H,5,8-15H2,1H3,(H,19,22). The molecule has 2 amide bonds. The quantitative estimate of drug-likeness (QED) is 0.808. The SMILES string of the molecule is COCCC1(CO)CCCN(C(=O)NCCc2ccccc2)C1. The van der Waals surface area contributed by atoms with E-state index in [0.29, 0.717) is 19.7 Å². The van der Waals surface area contributed by atoms with Gasteiger partial charge >= 0.3 is 6.03 Å². The molecule has 2 rings (SSSR count).